The van der Waals surface area contributed by atoms with E-state index in [1.165, 1.54) is 14.0 Å². The minimum Gasteiger partial charge on any atom is -0.466 e. The van der Waals surface area contributed by atoms with Crippen LogP contribution in [0.1, 0.15) is 32.3 Å². The molecule has 184 valence electrons. The lowest BCUT2D eigenvalue weighted by Crippen LogP contribution is -2.42. The molecule has 2 amide bonds. The Bertz CT molecular complexity index is 1050. The Kier molecular flexibility index (Phi) is 9.91. The molecule has 0 radical (unpaired) electrons. The molecule has 2 rings (SSSR count). The minimum atomic E-state index is -0.981. The fourth-order valence-corrected chi connectivity index (χ4v) is 3.75. The van der Waals surface area contributed by atoms with Gasteiger partial charge in [0, 0.05) is 12.6 Å². The van der Waals surface area contributed by atoms with Crippen LogP contribution in [0, 0.1) is 0 Å². The topological polar surface area (TPSA) is 132 Å². The van der Waals surface area contributed by atoms with E-state index in [9.17, 15) is 19.2 Å². The number of allylic oxidation sites excluding steroid dienone is 1. The molecule has 0 spiro atoms. The van der Waals surface area contributed by atoms with E-state index in [0.29, 0.717) is 11.3 Å². The Morgan fingerprint density at radius 3 is 2.41 bits per heavy atom. The van der Waals surface area contributed by atoms with Gasteiger partial charge in [-0.15, -0.1) is 0 Å². The first-order chi connectivity index (χ1) is 16.1. The normalized spacial score (nSPS) is 15.4. The summed E-state index contributed by atoms with van der Waals surface area (Å²) < 4.78 is 15.7. The van der Waals surface area contributed by atoms with Crippen molar-refractivity contribution in [3.05, 3.63) is 56.3 Å². The van der Waals surface area contributed by atoms with Crippen LogP contribution in [-0.4, -0.2) is 50.7 Å². The zero-order chi connectivity index (χ0) is 25.4. The number of dihydropyridines is 1. The van der Waals surface area contributed by atoms with Gasteiger partial charge in [-0.25, -0.2) is 9.59 Å². The van der Waals surface area contributed by atoms with E-state index >= 15 is 0 Å². The van der Waals surface area contributed by atoms with Crippen molar-refractivity contribution in [2.75, 3.05) is 26.9 Å². The first-order valence-electron chi connectivity index (χ1n) is 10.2. The fraction of sp³-hybridized carbons (Fsp3) is 0.364. The van der Waals surface area contributed by atoms with Crippen molar-refractivity contribution in [2.45, 2.75) is 26.7 Å². The van der Waals surface area contributed by atoms with Gasteiger partial charge in [0.05, 0.1) is 53.1 Å². The molecule has 1 atom stereocenters. The first kappa shape index (κ1) is 27.2. The lowest BCUT2D eigenvalue weighted by molar-refractivity contribution is -0.139. The van der Waals surface area contributed by atoms with Crippen LogP contribution >= 0.6 is 23.2 Å². The molecule has 0 saturated carbocycles. The number of halogens is 2. The summed E-state index contributed by atoms with van der Waals surface area (Å²) in [5.41, 5.74) is 5.55. The zero-order valence-electron chi connectivity index (χ0n) is 19.0. The van der Waals surface area contributed by atoms with E-state index in [2.05, 4.69) is 16.2 Å². The minimum absolute atomic E-state index is 0.0549. The maximum atomic E-state index is 13.1. The van der Waals surface area contributed by atoms with Gasteiger partial charge in [0.25, 0.3) is 5.91 Å². The highest BCUT2D eigenvalue weighted by molar-refractivity contribution is 6.42. The van der Waals surface area contributed by atoms with Gasteiger partial charge in [0.2, 0.25) is 5.91 Å². The summed E-state index contributed by atoms with van der Waals surface area (Å²) in [5, 5.41) is 3.37. The molecule has 0 aliphatic carbocycles. The SMILES string of the molecule is CCOC(=O)C1=C(COCC(=O)NNC(C)=O)NC(C)=C(C(=O)OC)C1c1cccc(Cl)c1Cl. The van der Waals surface area contributed by atoms with Gasteiger partial charge in [0.15, 0.2) is 0 Å². The average molecular weight is 514 g/mol. The summed E-state index contributed by atoms with van der Waals surface area (Å²) in [7, 11) is 1.22. The Morgan fingerprint density at radius 2 is 1.79 bits per heavy atom. The number of esters is 2. The molecule has 1 heterocycles. The first-order valence-corrected chi connectivity index (χ1v) is 10.9. The predicted octanol–water partition coefficient (Wildman–Crippen LogP) is 2.13. The van der Waals surface area contributed by atoms with Gasteiger partial charge in [-0.05, 0) is 25.5 Å². The molecule has 1 aliphatic rings. The van der Waals surface area contributed by atoms with Gasteiger partial charge < -0.3 is 19.5 Å². The van der Waals surface area contributed by atoms with Crippen LogP contribution in [0.5, 0.6) is 0 Å². The molecule has 0 saturated heterocycles. The largest absolute Gasteiger partial charge is 0.466 e. The smallest absolute Gasteiger partial charge is 0.336 e. The van der Waals surface area contributed by atoms with Crippen LogP contribution in [0.2, 0.25) is 10.0 Å². The Morgan fingerprint density at radius 1 is 1.09 bits per heavy atom. The van der Waals surface area contributed by atoms with E-state index in [4.69, 9.17) is 37.4 Å². The maximum Gasteiger partial charge on any atom is 0.336 e. The molecular weight excluding hydrogens is 489 g/mol. The van der Waals surface area contributed by atoms with E-state index in [-0.39, 0.29) is 40.1 Å². The molecule has 1 aromatic rings. The number of hydrogen-bond donors (Lipinski definition) is 3. The van der Waals surface area contributed by atoms with Crippen molar-refractivity contribution in [1.82, 2.24) is 16.2 Å². The lowest BCUT2D eigenvalue weighted by atomic mass is 9.80. The Balaban J connectivity index is 2.52. The molecule has 0 bridgehead atoms. The number of methoxy groups -OCH3 is 1. The van der Waals surface area contributed by atoms with Crippen molar-refractivity contribution < 1.29 is 33.4 Å². The number of benzene rings is 1. The molecule has 34 heavy (non-hydrogen) atoms. The molecule has 1 unspecified atom stereocenters. The summed E-state index contributed by atoms with van der Waals surface area (Å²) in [6.07, 6.45) is 0. The van der Waals surface area contributed by atoms with Gasteiger partial charge in [-0.3, -0.25) is 20.4 Å². The molecule has 1 aliphatic heterocycles. The summed E-state index contributed by atoms with van der Waals surface area (Å²) in [6.45, 7) is 3.93. The molecule has 12 heteroatoms. The summed E-state index contributed by atoms with van der Waals surface area (Å²) >= 11 is 12.7. The summed E-state index contributed by atoms with van der Waals surface area (Å²) in [6, 6.07) is 4.86. The third-order valence-corrected chi connectivity index (χ3v) is 5.53. The van der Waals surface area contributed by atoms with Gasteiger partial charge in [-0.1, -0.05) is 35.3 Å². The predicted molar refractivity (Wildman–Crippen MR) is 123 cm³/mol. The number of carbonyl (C=O) groups excluding carboxylic acids is 4. The number of rotatable bonds is 8. The molecule has 1 aromatic carbocycles. The highest BCUT2D eigenvalue weighted by atomic mass is 35.5. The number of ether oxygens (including phenoxy) is 3. The Labute approximate surface area is 206 Å². The second kappa shape index (κ2) is 12.4. The van der Waals surface area contributed by atoms with Crippen molar-refractivity contribution in [2.24, 2.45) is 0 Å². The monoisotopic (exact) mass is 513 g/mol. The Hall–Kier alpha value is -3.08. The van der Waals surface area contributed by atoms with Crippen molar-refractivity contribution in [3.8, 4) is 0 Å². The third-order valence-electron chi connectivity index (χ3n) is 4.70. The van der Waals surface area contributed by atoms with Crippen molar-refractivity contribution >= 4 is 47.0 Å². The number of hydrazine groups is 1. The highest BCUT2D eigenvalue weighted by Crippen LogP contribution is 2.43. The zero-order valence-corrected chi connectivity index (χ0v) is 20.6. The van der Waals surface area contributed by atoms with Crippen LogP contribution in [0.3, 0.4) is 0 Å². The second-order valence-corrected chi connectivity index (χ2v) is 7.85. The molecular formula is C22H25Cl2N3O7. The fourth-order valence-electron chi connectivity index (χ4n) is 3.33. The number of carbonyl (C=O) groups is 4. The van der Waals surface area contributed by atoms with Crippen LogP contribution in [0.25, 0.3) is 0 Å². The van der Waals surface area contributed by atoms with Crippen LogP contribution in [0.15, 0.2) is 40.7 Å². The van der Waals surface area contributed by atoms with E-state index < -0.39 is 36.3 Å². The van der Waals surface area contributed by atoms with Crippen LogP contribution in [-0.2, 0) is 33.4 Å². The molecule has 3 N–H and O–H groups in total. The van der Waals surface area contributed by atoms with Crippen LogP contribution in [0.4, 0.5) is 0 Å². The second-order valence-electron chi connectivity index (χ2n) is 7.07. The standard InChI is InChI=1S/C22H25Cl2N3O7/c1-5-34-22(31)19-15(9-33-10-16(29)27-26-12(3)28)25-11(2)17(21(30)32-4)18(19)13-7-6-8-14(23)20(13)24/h6-8,18,25H,5,9-10H2,1-4H3,(H,26,28)(H,27,29). The third kappa shape index (κ3) is 6.49. The average Bonchev–Trinajstić information content (AvgIpc) is 2.78. The van der Waals surface area contributed by atoms with Crippen LogP contribution < -0.4 is 16.2 Å². The number of amides is 2. The quantitative estimate of drug-likeness (QED) is 0.355. The number of nitrogens with one attached hydrogen (secondary N) is 3. The molecule has 0 fully saturated rings. The van der Waals surface area contributed by atoms with Gasteiger partial charge in [0.1, 0.15) is 6.61 Å². The van der Waals surface area contributed by atoms with Crippen molar-refractivity contribution in [3.63, 3.8) is 0 Å². The summed E-state index contributed by atoms with van der Waals surface area (Å²) in [5.74, 6) is -3.44. The summed E-state index contributed by atoms with van der Waals surface area (Å²) in [4.78, 5) is 48.6. The maximum absolute atomic E-state index is 13.1. The van der Waals surface area contributed by atoms with E-state index in [1.54, 1.807) is 32.0 Å². The van der Waals surface area contributed by atoms with Gasteiger partial charge in [-0.2, -0.15) is 0 Å². The van der Waals surface area contributed by atoms with E-state index in [1.807, 2.05) is 0 Å². The highest BCUT2D eigenvalue weighted by Gasteiger charge is 2.40. The van der Waals surface area contributed by atoms with Crippen molar-refractivity contribution in [1.29, 1.82) is 0 Å². The molecule has 10 nitrogen and oxygen atoms in total. The van der Waals surface area contributed by atoms with E-state index in [0.717, 1.165) is 0 Å². The lowest BCUT2D eigenvalue weighted by Gasteiger charge is -2.31. The number of hydrogen-bond acceptors (Lipinski definition) is 8. The molecule has 0 aromatic heterocycles. The van der Waals surface area contributed by atoms with Gasteiger partial charge >= 0.3 is 11.9 Å².